The van der Waals surface area contributed by atoms with E-state index in [0.717, 1.165) is 44.0 Å². The molecule has 0 atom stereocenters. The van der Waals surface area contributed by atoms with Gasteiger partial charge in [-0.3, -0.25) is 9.69 Å². The molecule has 1 saturated heterocycles. The van der Waals surface area contributed by atoms with Crippen molar-refractivity contribution in [2.45, 2.75) is 13.0 Å². The number of thiophene rings is 1. The van der Waals surface area contributed by atoms with Crippen molar-refractivity contribution >= 4 is 22.9 Å². The van der Waals surface area contributed by atoms with Crippen LogP contribution in [0.3, 0.4) is 0 Å². The molecular formula is C23H27FN4O3S. The van der Waals surface area contributed by atoms with E-state index in [1.165, 1.54) is 6.07 Å². The summed E-state index contributed by atoms with van der Waals surface area (Å²) in [6, 6.07) is 12.7. The summed E-state index contributed by atoms with van der Waals surface area (Å²) in [7, 11) is 0. The summed E-state index contributed by atoms with van der Waals surface area (Å²) in [5.74, 6) is 0.395. The Bertz CT molecular complexity index is 987. The highest BCUT2D eigenvalue weighted by molar-refractivity contribution is 7.13. The van der Waals surface area contributed by atoms with Gasteiger partial charge in [0.1, 0.15) is 18.1 Å². The second kappa shape index (κ2) is 11.2. The predicted molar refractivity (Wildman–Crippen MR) is 122 cm³/mol. The van der Waals surface area contributed by atoms with Gasteiger partial charge in [-0.05, 0) is 36.5 Å². The van der Waals surface area contributed by atoms with Gasteiger partial charge in [0.05, 0.1) is 17.2 Å². The fraction of sp³-hybridized carbons (Fsp3) is 0.391. The molecule has 1 aliphatic heterocycles. The van der Waals surface area contributed by atoms with Crippen molar-refractivity contribution in [1.29, 1.82) is 0 Å². The van der Waals surface area contributed by atoms with E-state index in [2.05, 4.69) is 20.3 Å². The van der Waals surface area contributed by atoms with Crippen LogP contribution in [0.15, 0.2) is 52.4 Å². The fourth-order valence-electron chi connectivity index (χ4n) is 3.67. The maximum absolute atomic E-state index is 13.9. The number of ether oxygens (including phenoxy) is 1. The molecule has 32 heavy (non-hydrogen) atoms. The summed E-state index contributed by atoms with van der Waals surface area (Å²) in [5, 5.41) is 8.83. The molecule has 0 radical (unpaired) electrons. The van der Waals surface area contributed by atoms with Crippen molar-refractivity contribution in [3.63, 3.8) is 0 Å². The maximum Gasteiger partial charge on any atom is 0.246 e. The zero-order valence-corrected chi connectivity index (χ0v) is 18.7. The molecule has 3 heterocycles. The Hall–Kier alpha value is -2.75. The van der Waals surface area contributed by atoms with E-state index in [1.807, 2.05) is 35.7 Å². The lowest BCUT2D eigenvalue weighted by Gasteiger charge is -2.36. The molecular weight excluding hydrogens is 431 g/mol. The summed E-state index contributed by atoms with van der Waals surface area (Å²) in [5.41, 5.74) is 1.34. The largest absolute Gasteiger partial charge is 0.367 e. The van der Waals surface area contributed by atoms with Crippen molar-refractivity contribution in [2.75, 3.05) is 50.8 Å². The molecule has 1 aliphatic rings. The zero-order chi connectivity index (χ0) is 22.2. The van der Waals surface area contributed by atoms with Crippen LogP contribution in [0.4, 0.5) is 10.1 Å². The van der Waals surface area contributed by atoms with Crippen LogP contribution in [0.5, 0.6) is 0 Å². The van der Waals surface area contributed by atoms with Crippen LogP contribution in [0.2, 0.25) is 0 Å². The third kappa shape index (κ3) is 6.15. The van der Waals surface area contributed by atoms with Crippen LogP contribution in [0.1, 0.15) is 12.1 Å². The Morgan fingerprint density at radius 2 is 2.03 bits per heavy atom. The van der Waals surface area contributed by atoms with Gasteiger partial charge in [0.2, 0.25) is 5.91 Å². The van der Waals surface area contributed by atoms with Gasteiger partial charge in [-0.15, -0.1) is 11.3 Å². The highest BCUT2D eigenvalue weighted by Crippen LogP contribution is 2.25. The summed E-state index contributed by atoms with van der Waals surface area (Å²) >= 11 is 1.58. The Morgan fingerprint density at radius 1 is 1.19 bits per heavy atom. The lowest BCUT2D eigenvalue weighted by Crippen LogP contribution is -2.47. The molecule has 1 N–H and O–H groups in total. The van der Waals surface area contributed by atoms with Gasteiger partial charge in [-0.1, -0.05) is 23.4 Å². The smallest absolute Gasteiger partial charge is 0.246 e. The third-order valence-electron chi connectivity index (χ3n) is 5.34. The molecule has 1 aromatic carbocycles. The van der Waals surface area contributed by atoms with Gasteiger partial charge in [0.15, 0.2) is 5.76 Å². The van der Waals surface area contributed by atoms with Gasteiger partial charge >= 0.3 is 0 Å². The topological polar surface area (TPSA) is 70.8 Å². The molecule has 170 valence electrons. The third-order valence-corrected chi connectivity index (χ3v) is 6.23. The Morgan fingerprint density at radius 3 is 2.81 bits per heavy atom. The Kier molecular flexibility index (Phi) is 7.87. The normalized spacial score (nSPS) is 14.6. The second-order valence-corrected chi connectivity index (χ2v) is 8.58. The Labute approximate surface area is 190 Å². The number of nitrogens with one attached hydrogen (secondary N) is 1. The molecule has 0 aliphatic carbocycles. The zero-order valence-electron chi connectivity index (χ0n) is 17.8. The van der Waals surface area contributed by atoms with Gasteiger partial charge in [0, 0.05) is 38.8 Å². The highest BCUT2D eigenvalue weighted by Gasteiger charge is 2.18. The average Bonchev–Trinajstić information content (AvgIpc) is 3.50. The van der Waals surface area contributed by atoms with Crippen LogP contribution < -0.4 is 10.2 Å². The van der Waals surface area contributed by atoms with E-state index in [-0.39, 0.29) is 24.9 Å². The van der Waals surface area contributed by atoms with Crippen LogP contribution in [0, 0.1) is 5.82 Å². The minimum Gasteiger partial charge on any atom is -0.367 e. The minimum atomic E-state index is -0.169. The van der Waals surface area contributed by atoms with Crippen molar-refractivity contribution in [2.24, 2.45) is 0 Å². The Balaban J connectivity index is 1.06. The van der Waals surface area contributed by atoms with Crippen LogP contribution in [-0.2, 0) is 16.1 Å². The minimum absolute atomic E-state index is 0.0114. The molecule has 2 aromatic heterocycles. The van der Waals surface area contributed by atoms with Crippen molar-refractivity contribution in [3.05, 3.63) is 59.4 Å². The average molecular weight is 459 g/mol. The fourth-order valence-corrected chi connectivity index (χ4v) is 4.34. The van der Waals surface area contributed by atoms with E-state index in [1.54, 1.807) is 17.4 Å². The monoisotopic (exact) mass is 458 g/mol. The van der Waals surface area contributed by atoms with E-state index in [9.17, 15) is 9.18 Å². The van der Waals surface area contributed by atoms with Crippen LogP contribution in [-0.4, -0.2) is 61.8 Å². The van der Waals surface area contributed by atoms with E-state index in [4.69, 9.17) is 9.26 Å². The second-order valence-electron chi connectivity index (χ2n) is 7.64. The number of para-hydroxylation sites is 1. The number of halogens is 1. The van der Waals surface area contributed by atoms with E-state index < -0.39 is 0 Å². The van der Waals surface area contributed by atoms with Gasteiger partial charge in [0.25, 0.3) is 0 Å². The molecule has 0 saturated carbocycles. The van der Waals surface area contributed by atoms with Crippen LogP contribution >= 0.6 is 11.3 Å². The number of aromatic nitrogens is 1. The van der Waals surface area contributed by atoms with Crippen LogP contribution in [0.25, 0.3) is 10.6 Å². The van der Waals surface area contributed by atoms with Crippen molar-refractivity contribution in [3.8, 4) is 10.6 Å². The number of carbonyl (C=O) groups excluding carboxylic acids is 1. The predicted octanol–water partition coefficient (Wildman–Crippen LogP) is 3.39. The number of rotatable bonds is 10. The molecule has 9 heteroatoms. The summed E-state index contributed by atoms with van der Waals surface area (Å²) in [4.78, 5) is 17.4. The molecule has 0 bridgehead atoms. The number of carbonyl (C=O) groups is 1. The molecule has 4 rings (SSSR count). The van der Waals surface area contributed by atoms with Crippen molar-refractivity contribution < 1.29 is 18.4 Å². The molecule has 0 unspecified atom stereocenters. The standard InChI is InChI=1S/C23H27FN4O3S/c24-19-5-1-2-6-20(19)28-12-10-27(11-13-28)9-4-8-25-23(29)17-30-16-18-15-21(31-26-18)22-7-3-14-32-22/h1-3,5-7,14-15H,4,8-13,16-17H2,(H,25,29). The van der Waals surface area contributed by atoms with Gasteiger partial charge in [-0.25, -0.2) is 4.39 Å². The van der Waals surface area contributed by atoms with Gasteiger partial charge < -0.3 is 19.5 Å². The number of piperazine rings is 1. The lowest BCUT2D eigenvalue weighted by molar-refractivity contribution is -0.126. The van der Waals surface area contributed by atoms with E-state index >= 15 is 0 Å². The molecule has 0 spiro atoms. The summed E-state index contributed by atoms with van der Waals surface area (Å²) in [6.45, 7) is 5.10. The first-order chi connectivity index (χ1) is 15.7. The molecule has 7 nitrogen and oxygen atoms in total. The number of amides is 1. The molecule has 1 fully saturated rings. The highest BCUT2D eigenvalue weighted by atomic mass is 32.1. The summed E-state index contributed by atoms with van der Waals surface area (Å²) < 4.78 is 24.7. The first-order valence-corrected chi connectivity index (χ1v) is 11.6. The van der Waals surface area contributed by atoms with Crippen molar-refractivity contribution in [1.82, 2.24) is 15.4 Å². The first kappa shape index (κ1) is 22.4. The quantitative estimate of drug-likeness (QED) is 0.470. The number of hydrogen-bond donors (Lipinski definition) is 1. The lowest BCUT2D eigenvalue weighted by atomic mass is 10.2. The SMILES string of the molecule is O=C(COCc1cc(-c2cccs2)on1)NCCCN1CCN(c2ccccc2F)CC1. The van der Waals surface area contributed by atoms with Gasteiger partial charge in [-0.2, -0.15) is 0 Å². The van der Waals surface area contributed by atoms with E-state index in [0.29, 0.717) is 23.7 Å². The number of anilines is 1. The number of benzene rings is 1. The number of hydrogen-bond acceptors (Lipinski definition) is 7. The maximum atomic E-state index is 13.9. The first-order valence-electron chi connectivity index (χ1n) is 10.7. The number of nitrogens with zero attached hydrogens (tertiary/aromatic N) is 3. The molecule has 3 aromatic rings. The summed E-state index contributed by atoms with van der Waals surface area (Å²) in [6.07, 6.45) is 0.860. The molecule has 1 amide bonds.